The summed E-state index contributed by atoms with van der Waals surface area (Å²) in [6.45, 7) is 5.17. The zero-order chi connectivity index (χ0) is 23.4. The molecule has 1 fully saturated rings. The number of aryl methyl sites for hydroxylation is 2. The molecule has 0 spiro atoms. The lowest BCUT2D eigenvalue weighted by Gasteiger charge is -2.39. The third kappa shape index (κ3) is 5.68. The zero-order valence-corrected chi connectivity index (χ0v) is 21.6. The number of piperidine rings is 1. The van der Waals surface area contributed by atoms with Crippen LogP contribution < -0.4 is 4.31 Å². The lowest BCUT2D eigenvalue weighted by molar-refractivity contribution is 0.323. The second-order valence-corrected chi connectivity index (χ2v) is 11.9. The van der Waals surface area contributed by atoms with E-state index in [2.05, 4.69) is 54.6 Å². The molecule has 0 radical (unpaired) electrons. The standard InChI is InChI=1S/C26H31ClN2O2S2/c1-3-21-10-14-24(15-11-21)33(30,31)28-18-16-23(17-19-28)29(22-12-8-20(2)9-13-22)32-26-7-5-4-6-25(26)27/h6-15,23H,3-5,16-19H2,1-2H3. The van der Waals surface area contributed by atoms with Crippen molar-refractivity contribution in [2.45, 2.75) is 56.9 Å². The van der Waals surface area contributed by atoms with Crippen molar-refractivity contribution in [2.24, 2.45) is 0 Å². The summed E-state index contributed by atoms with van der Waals surface area (Å²) in [7, 11) is -3.48. The predicted octanol–water partition coefficient (Wildman–Crippen LogP) is 6.67. The Hall–Kier alpha value is -1.73. The first-order chi connectivity index (χ1) is 15.9. The van der Waals surface area contributed by atoms with Gasteiger partial charge in [0.2, 0.25) is 10.0 Å². The maximum Gasteiger partial charge on any atom is 0.243 e. The molecule has 1 saturated heterocycles. The number of anilines is 1. The van der Waals surface area contributed by atoms with E-state index in [1.165, 1.54) is 5.56 Å². The summed E-state index contributed by atoms with van der Waals surface area (Å²) in [4.78, 5) is 1.46. The van der Waals surface area contributed by atoms with Crippen LogP contribution in [0.2, 0.25) is 0 Å². The Kier molecular flexibility index (Phi) is 7.90. The van der Waals surface area contributed by atoms with Crippen LogP contribution in [0.3, 0.4) is 0 Å². The molecule has 2 aliphatic rings. The van der Waals surface area contributed by atoms with Gasteiger partial charge in [-0.05, 0) is 80.8 Å². The molecule has 7 heteroatoms. The molecule has 0 atom stereocenters. The summed E-state index contributed by atoms with van der Waals surface area (Å²) in [6, 6.07) is 16.0. The molecule has 0 aromatic heterocycles. The molecule has 0 N–H and O–H groups in total. The minimum atomic E-state index is -3.48. The van der Waals surface area contributed by atoms with E-state index in [1.54, 1.807) is 28.4 Å². The van der Waals surface area contributed by atoms with E-state index in [-0.39, 0.29) is 6.04 Å². The van der Waals surface area contributed by atoms with Gasteiger partial charge in [0.25, 0.3) is 0 Å². The monoisotopic (exact) mass is 502 g/mol. The van der Waals surface area contributed by atoms with Gasteiger partial charge in [-0.1, -0.05) is 60.5 Å². The second-order valence-electron chi connectivity index (χ2n) is 8.58. The van der Waals surface area contributed by atoms with Crippen molar-refractivity contribution in [1.82, 2.24) is 4.31 Å². The first kappa shape index (κ1) is 24.4. The fourth-order valence-electron chi connectivity index (χ4n) is 4.20. The SMILES string of the molecule is CCc1ccc(S(=O)(=O)N2CCC(N(SC3=CCCC=C3Cl)c3ccc(C)cc3)CC2)cc1. The third-order valence-electron chi connectivity index (χ3n) is 6.26. The van der Waals surface area contributed by atoms with Crippen molar-refractivity contribution in [3.8, 4) is 0 Å². The van der Waals surface area contributed by atoms with Crippen molar-refractivity contribution in [3.63, 3.8) is 0 Å². The zero-order valence-electron chi connectivity index (χ0n) is 19.2. The van der Waals surface area contributed by atoms with Crippen LogP contribution in [0.1, 0.15) is 43.7 Å². The molecule has 0 saturated carbocycles. The quantitative estimate of drug-likeness (QED) is 0.396. The molecule has 0 bridgehead atoms. The number of sulfonamides is 1. The number of halogens is 1. The molecule has 2 aromatic rings. The van der Waals surface area contributed by atoms with Gasteiger partial charge in [-0.2, -0.15) is 4.31 Å². The number of hydrogen-bond donors (Lipinski definition) is 0. The Balaban J connectivity index is 1.51. The summed E-state index contributed by atoms with van der Waals surface area (Å²) >= 11 is 8.18. The maximum atomic E-state index is 13.2. The summed E-state index contributed by atoms with van der Waals surface area (Å²) in [5, 5.41) is 0.805. The van der Waals surface area contributed by atoms with E-state index in [9.17, 15) is 8.42 Å². The molecule has 4 rings (SSSR count). The average Bonchev–Trinajstić information content (AvgIpc) is 2.84. The normalized spacial score (nSPS) is 18.0. The van der Waals surface area contributed by atoms with Gasteiger partial charge in [0.15, 0.2) is 0 Å². The maximum absolute atomic E-state index is 13.2. The fourth-order valence-corrected chi connectivity index (χ4v) is 7.12. The highest BCUT2D eigenvalue weighted by Crippen LogP contribution is 2.40. The Morgan fingerprint density at radius 2 is 1.64 bits per heavy atom. The average molecular weight is 503 g/mol. The van der Waals surface area contributed by atoms with Gasteiger partial charge in [0, 0.05) is 29.7 Å². The smallest absolute Gasteiger partial charge is 0.243 e. The first-order valence-electron chi connectivity index (χ1n) is 11.6. The molecule has 0 unspecified atom stereocenters. The van der Waals surface area contributed by atoms with E-state index >= 15 is 0 Å². The Morgan fingerprint density at radius 1 is 1.00 bits per heavy atom. The van der Waals surface area contributed by atoms with E-state index in [1.807, 2.05) is 12.1 Å². The molecule has 1 aliphatic carbocycles. The van der Waals surface area contributed by atoms with Crippen molar-refractivity contribution in [1.29, 1.82) is 0 Å². The lowest BCUT2D eigenvalue weighted by atomic mass is 10.1. The Morgan fingerprint density at radius 3 is 2.24 bits per heavy atom. The highest BCUT2D eigenvalue weighted by atomic mass is 35.5. The number of nitrogens with zero attached hydrogens (tertiary/aromatic N) is 2. The summed E-state index contributed by atoms with van der Waals surface area (Å²) in [5.41, 5.74) is 3.48. The third-order valence-corrected chi connectivity index (χ3v) is 9.94. The number of benzene rings is 2. The van der Waals surface area contributed by atoms with Crippen LogP contribution in [-0.4, -0.2) is 31.9 Å². The van der Waals surface area contributed by atoms with E-state index in [0.717, 1.165) is 53.3 Å². The van der Waals surface area contributed by atoms with Crippen molar-refractivity contribution in [2.75, 3.05) is 17.4 Å². The van der Waals surface area contributed by atoms with Crippen LogP contribution >= 0.6 is 23.5 Å². The van der Waals surface area contributed by atoms with Crippen molar-refractivity contribution >= 4 is 39.3 Å². The van der Waals surface area contributed by atoms with Gasteiger partial charge in [-0.25, -0.2) is 8.42 Å². The molecule has 176 valence electrons. The predicted molar refractivity (Wildman–Crippen MR) is 140 cm³/mol. The van der Waals surface area contributed by atoms with Crippen LogP contribution in [-0.2, 0) is 16.4 Å². The highest BCUT2D eigenvalue weighted by Gasteiger charge is 2.33. The Labute approximate surface area is 207 Å². The molecule has 33 heavy (non-hydrogen) atoms. The molecule has 2 aromatic carbocycles. The van der Waals surface area contributed by atoms with Crippen LogP contribution in [0.5, 0.6) is 0 Å². The van der Waals surface area contributed by atoms with Crippen LogP contribution in [0, 0.1) is 6.92 Å². The topological polar surface area (TPSA) is 40.6 Å². The summed E-state index contributed by atoms with van der Waals surface area (Å²) in [6.07, 6.45) is 8.68. The van der Waals surface area contributed by atoms with E-state index in [4.69, 9.17) is 11.6 Å². The Bertz CT molecular complexity index is 1120. The van der Waals surface area contributed by atoms with Gasteiger partial charge in [0.1, 0.15) is 0 Å². The number of allylic oxidation sites excluding steroid dienone is 3. The molecule has 4 nitrogen and oxygen atoms in total. The van der Waals surface area contributed by atoms with Crippen LogP contribution in [0.25, 0.3) is 0 Å². The number of rotatable bonds is 7. The number of hydrogen-bond acceptors (Lipinski definition) is 4. The molecule has 1 heterocycles. The molecule has 0 amide bonds. The van der Waals surface area contributed by atoms with Crippen LogP contribution in [0.4, 0.5) is 5.69 Å². The van der Waals surface area contributed by atoms with Crippen molar-refractivity contribution in [3.05, 3.63) is 81.7 Å². The van der Waals surface area contributed by atoms with E-state index in [0.29, 0.717) is 18.0 Å². The van der Waals surface area contributed by atoms with Gasteiger partial charge in [0.05, 0.1) is 9.93 Å². The van der Waals surface area contributed by atoms with Gasteiger partial charge >= 0.3 is 0 Å². The molecular weight excluding hydrogens is 472 g/mol. The second kappa shape index (κ2) is 10.7. The minimum absolute atomic E-state index is 0.221. The van der Waals surface area contributed by atoms with Crippen molar-refractivity contribution < 1.29 is 8.42 Å². The van der Waals surface area contributed by atoms with Gasteiger partial charge < -0.3 is 4.31 Å². The van der Waals surface area contributed by atoms with Gasteiger partial charge in [-0.3, -0.25) is 0 Å². The lowest BCUT2D eigenvalue weighted by Crippen LogP contribution is -2.44. The van der Waals surface area contributed by atoms with Crippen LogP contribution in [0.15, 0.2) is 75.5 Å². The molecule has 1 aliphatic heterocycles. The fraction of sp³-hybridized carbons (Fsp3) is 0.385. The molecular formula is C26H31ClN2O2S2. The minimum Gasteiger partial charge on any atom is -0.309 e. The largest absolute Gasteiger partial charge is 0.309 e. The highest BCUT2D eigenvalue weighted by molar-refractivity contribution is 8.04. The first-order valence-corrected chi connectivity index (χ1v) is 14.2. The van der Waals surface area contributed by atoms with Gasteiger partial charge in [-0.15, -0.1) is 0 Å². The summed E-state index contributed by atoms with van der Waals surface area (Å²) in [5.74, 6) is 0. The summed E-state index contributed by atoms with van der Waals surface area (Å²) < 4.78 is 30.4. The van der Waals surface area contributed by atoms with E-state index < -0.39 is 10.0 Å².